The summed E-state index contributed by atoms with van der Waals surface area (Å²) in [6, 6.07) is 10.2. The summed E-state index contributed by atoms with van der Waals surface area (Å²) in [5.74, 6) is 1.88. The molecule has 8 nitrogen and oxygen atoms in total. The molecule has 150 valence electrons. The maximum absolute atomic E-state index is 9.17. The van der Waals surface area contributed by atoms with Gasteiger partial charge in [-0.15, -0.1) is 0 Å². The Hall–Kier alpha value is -2.56. The summed E-state index contributed by atoms with van der Waals surface area (Å²) in [6.07, 6.45) is 1.54. The van der Waals surface area contributed by atoms with Gasteiger partial charge in [-0.1, -0.05) is 42.1 Å². The van der Waals surface area contributed by atoms with Gasteiger partial charge in [0.15, 0.2) is 10.9 Å². The number of aliphatic hydroxyl groups is 1. The normalized spacial score (nSPS) is 14.1. The van der Waals surface area contributed by atoms with E-state index in [0.29, 0.717) is 54.1 Å². The van der Waals surface area contributed by atoms with E-state index >= 15 is 0 Å². The number of fused-ring (bicyclic) bond motifs is 1. The minimum absolute atomic E-state index is 0.0146. The largest absolute Gasteiger partial charge is 0.483 e. The highest BCUT2D eigenvalue weighted by Gasteiger charge is 2.22. The Kier molecular flexibility index (Phi) is 6.33. The van der Waals surface area contributed by atoms with Crippen molar-refractivity contribution in [2.45, 2.75) is 10.8 Å². The maximum atomic E-state index is 9.17. The summed E-state index contributed by atoms with van der Waals surface area (Å²) in [4.78, 5) is 20.2. The number of thioether (sulfide) groups is 1. The molecule has 0 saturated carbocycles. The smallest absolute Gasteiger partial charge is 0.225 e. The molecule has 1 saturated heterocycles. The Bertz CT molecular complexity index is 1000. The van der Waals surface area contributed by atoms with Crippen LogP contribution in [0.5, 0.6) is 0 Å². The molecule has 3 aromatic rings. The fourth-order valence-corrected chi connectivity index (χ4v) is 4.08. The SMILES string of the molecule is OCCNc1nc(N2CCOC(=S)C2)c2ncnc(SCc3ccccc3)c2n1. The molecule has 0 amide bonds. The zero-order chi connectivity index (χ0) is 20.1. The van der Waals surface area contributed by atoms with Crippen LogP contribution in [0.2, 0.25) is 0 Å². The van der Waals surface area contributed by atoms with Gasteiger partial charge in [-0.2, -0.15) is 4.98 Å². The highest BCUT2D eigenvalue weighted by molar-refractivity contribution is 7.98. The molecule has 0 atom stereocenters. The predicted molar refractivity (Wildman–Crippen MR) is 117 cm³/mol. The quantitative estimate of drug-likeness (QED) is 0.331. The molecule has 1 fully saturated rings. The highest BCUT2D eigenvalue weighted by Crippen LogP contribution is 2.31. The lowest BCUT2D eigenvalue weighted by Gasteiger charge is -2.29. The topological polar surface area (TPSA) is 96.3 Å². The first-order valence-electron chi connectivity index (χ1n) is 9.19. The summed E-state index contributed by atoms with van der Waals surface area (Å²) in [7, 11) is 0. The molecule has 4 rings (SSSR count). The summed E-state index contributed by atoms with van der Waals surface area (Å²) < 4.78 is 5.41. The molecule has 1 aromatic carbocycles. The molecule has 2 N–H and O–H groups in total. The van der Waals surface area contributed by atoms with Gasteiger partial charge in [0.05, 0.1) is 19.7 Å². The number of nitrogens with one attached hydrogen (secondary N) is 1. The van der Waals surface area contributed by atoms with E-state index in [1.807, 2.05) is 23.1 Å². The van der Waals surface area contributed by atoms with Crippen LogP contribution in [-0.2, 0) is 10.5 Å². The summed E-state index contributed by atoms with van der Waals surface area (Å²) in [5.41, 5.74) is 2.56. The Morgan fingerprint density at radius 3 is 2.83 bits per heavy atom. The first kappa shape index (κ1) is 19.7. The van der Waals surface area contributed by atoms with E-state index in [-0.39, 0.29) is 6.61 Å². The van der Waals surface area contributed by atoms with Gasteiger partial charge in [0.1, 0.15) is 29.0 Å². The molecular weight excluding hydrogens is 408 g/mol. The second-order valence-electron chi connectivity index (χ2n) is 6.31. The maximum Gasteiger partial charge on any atom is 0.225 e. The molecule has 0 bridgehead atoms. The van der Waals surface area contributed by atoms with Crippen molar-refractivity contribution in [1.29, 1.82) is 0 Å². The summed E-state index contributed by atoms with van der Waals surface area (Å²) >= 11 is 6.84. The van der Waals surface area contributed by atoms with Gasteiger partial charge in [0, 0.05) is 12.3 Å². The van der Waals surface area contributed by atoms with Gasteiger partial charge in [0.25, 0.3) is 0 Å². The molecule has 10 heteroatoms. The fourth-order valence-electron chi connectivity index (χ4n) is 2.94. The number of hydrogen-bond donors (Lipinski definition) is 2. The monoisotopic (exact) mass is 428 g/mol. The number of ether oxygens (including phenoxy) is 1. The lowest BCUT2D eigenvalue weighted by atomic mass is 10.2. The number of thiocarbonyl (C=S) groups is 1. The third-order valence-electron chi connectivity index (χ3n) is 4.29. The van der Waals surface area contributed by atoms with E-state index in [1.54, 1.807) is 18.1 Å². The molecule has 0 aliphatic carbocycles. The van der Waals surface area contributed by atoms with Gasteiger partial charge in [-0.05, 0) is 17.8 Å². The lowest BCUT2D eigenvalue weighted by Crippen LogP contribution is -2.39. The Morgan fingerprint density at radius 1 is 1.17 bits per heavy atom. The Balaban J connectivity index is 1.72. The van der Waals surface area contributed by atoms with Crippen LogP contribution in [0.15, 0.2) is 41.7 Å². The van der Waals surface area contributed by atoms with Crippen molar-refractivity contribution in [3.05, 3.63) is 42.2 Å². The van der Waals surface area contributed by atoms with Gasteiger partial charge in [-0.3, -0.25) is 0 Å². The van der Waals surface area contributed by atoms with E-state index in [9.17, 15) is 0 Å². The second kappa shape index (κ2) is 9.29. The molecular formula is C19H20N6O2S2. The van der Waals surface area contributed by atoms with Crippen LogP contribution >= 0.6 is 24.0 Å². The predicted octanol–water partition coefficient (Wildman–Crippen LogP) is 2.28. The number of aromatic nitrogens is 4. The van der Waals surface area contributed by atoms with Crippen LogP contribution in [0, 0.1) is 0 Å². The molecule has 3 heterocycles. The third kappa shape index (κ3) is 4.72. The zero-order valence-corrected chi connectivity index (χ0v) is 17.2. The minimum atomic E-state index is -0.0146. The fraction of sp³-hybridized carbons (Fsp3) is 0.316. The first-order chi connectivity index (χ1) is 14.2. The molecule has 0 spiro atoms. The number of aliphatic hydroxyl groups excluding tert-OH is 1. The third-order valence-corrected chi connectivity index (χ3v) is 5.58. The molecule has 2 aromatic heterocycles. The van der Waals surface area contributed by atoms with E-state index in [2.05, 4.69) is 37.4 Å². The molecule has 0 radical (unpaired) electrons. The summed E-state index contributed by atoms with van der Waals surface area (Å²) in [5, 5.41) is 13.5. The number of nitrogens with zero attached hydrogens (tertiary/aromatic N) is 5. The standard InChI is InChI=1S/C19H20N6O2S2/c26-8-6-20-19-23-16-15(17(24-19)25-7-9-27-14(28)10-25)21-12-22-18(16)29-11-13-4-2-1-3-5-13/h1-5,12,26H,6-11H2,(H,20,23,24). The molecule has 0 unspecified atom stereocenters. The van der Waals surface area contributed by atoms with Crippen molar-refractivity contribution in [3.63, 3.8) is 0 Å². The Morgan fingerprint density at radius 2 is 2.03 bits per heavy atom. The summed E-state index contributed by atoms with van der Waals surface area (Å²) in [6.45, 7) is 1.97. The second-order valence-corrected chi connectivity index (χ2v) is 7.73. The van der Waals surface area contributed by atoms with Gasteiger partial charge < -0.3 is 20.1 Å². The number of benzene rings is 1. The number of hydrogen-bond acceptors (Lipinski definition) is 10. The van der Waals surface area contributed by atoms with Crippen LogP contribution in [0.25, 0.3) is 11.0 Å². The van der Waals surface area contributed by atoms with Crippen molar-refractivity contribution >= 4 is 51.8 Å². The van der Waals surface area contributed by atoms with E-state index < -0.39 is 0 Å². The number of anilines is 2. The van der Waals surface area contributed by atoms with Crippen LogP contribution in [0.4, 0.5) is 11.8 Å². The van der Waals surface area contributed by atoms with Crippen molar-refractivity contribution in [2.75, 3.05) is 43.1 Å². The minimum Gasteiger partial charge on any atom is -0.483 e. The highest BCUT2D eigenvalue weighted by atomic mass is 32.2. The first-order valence-corrected chi connectivity index (χ1v) is 10.6. The van der Waals surface area contributed by atoms with Crippen LogP contribution in [-0.4, -0.2) is 62.9 Å². The Labute approximate surface area is 177 Å². The number of rotatable bonds is 7. The molecule has 29 heavy (non-hydrogen) atoms. The van der Waals surface area contributed by atoms with Gasteiger partial charge >= 0.3 is 0 Å². The molecule has 1 aliphatic rings. The van der Waals surface area contributed by atoms with Crippen molar-refractivity contribution in [1.82, 2.24) is 19.9 Å². The zero-order valence-electron chi connectivity index (χ0n) is 15.6. The van der Waals surface area contributed by atoms with Crippen LogP contribution < -0.4 is 10.2 Å². The average Bonchev–Trinajstić information content (AvgIpc) is 2.76. The van der Waals surface area contributed by atoms with Crippen molar-refractivity contribution in [3.8, 4) is 0 Å². The van der Waals surface area contributed by atoms with Crippen molar-refractivity contribution < 1.29 is 9.84 Å². The average molecular weight is 429 g/mol. The van der Waals surface area contributed by atoms with Crippen molar-refractivity contribution in [2.24, 2.45) is 0 Å². The van der Waals surface area contributed by atoms with E-state index in [0.717, 1.165) is 10.8 Å². The van der Waals surface area contributed by atoms with Gasteiger partial charge in [-0.25, -0.2) is 15.0 Å². The molecule has 1 aliphatic heterocycles. The number of morpholine rings is 1. The van der Waals surface area contributed by atoms with Gasteiger partial charge in [0.2, 0.25) is 5.95 Å². The van der Waals surface area contributed by atoms with Crippen LogP contribution in [0.1, 0.15) is 5.56 Å². The lowest BCUT2D eigenvalue weighted by molar-refractivity contribution is 0.295. The van der Waals surface area contributed by atoms with E-state index in [1.165, 1.54) is 5.56 Å². The van der Waals surface area contributed by atoms with E-state index in [4.69, 9.17) is 22.1 Å². The van der Waals surface area contributed by atoms with Crippen LogP contribution in [0.3, 0.4) is 0 Å².